The molecule has 0 saturated carbocycles. The number of sulfonamides is 1. The topological polar surface area (TPSA) is 67.4 Å². The van der Waals surface area contributed by atoms with E-state index in [9.17, 15) is 8.42 Å². The molecule has 2 N–H and O–H groups in total. The Labute approximate surface area is 127 Å². The van der Waals surface area contributed by atoms with E-state index in [1.165, 1.54) is 0 Å². The van der Waals surface area contributed by atoms with Crippen LogP contribution in [0.2, 0.25) is 0 Å². The third-order valence-corrected chi connectivity index (χ3v) is 4.92. The van der Waals surface area contributed by atoms with Crippen LogP contribution in [0.1, 0.15) is 32.3 Å². The average Bonchev–Trinajstić information content (AvgIpc) is 2.91. The molecule has 0 aliphatic carbocycles. The van der Waals surface area contributed by atoms with E-state index < -0.39 is 10.0 Å². The lowest BCUT2D eigenvalue weighted by Gasteiger charge is -2.15. The number of ether oxygens (including phenoxy) is 1. The predicted octanol–water partition coefficient (Wildman–Crippen LogP) is 1.81. The minimum absolute atomic E-state index is 0.0673. The standard InChI is InChI=1S/C15H24N2O3S/c1-11(2)20-15-7-6-14(9-12(15)3)21(18,19)17-10-13-5-4-8-16-13/h6-7,9,11,13,16-17H,4-5,8,10H2,1-3H3. The molecule has 5 nitrogen and oxygen atoms in total. The van der Waals surface area contributed by atoms with Gasteiger partial charge in [-0.25, -0.2) is 13.1 Å². The minimum Gasteiger partial charge on any atom is -0.491 e. The molecule has 1 unspecified atom stereocenters. The van der Waals surface area contributed by atoms with Crippen molar-refractivity contribution in [3.63, 3.8) is 0 Å². The van der Waals surface area contributed by atoms with Crippen molar-refractivity contribution >= 4 is 10.0 Å². The summed E-state index contributed by atoms with van der Waals surface area (Å²) in [5.74, 6) is 0.724. The van der Waals surface area contributed by atoms with Gasteiger partial charge in [-0.1, -0.05) is 0 Å². The average molecular weight is 312 g/mol. The first-order chi connectivity index (χ1) is 9.88. The second-order valence-electron chi connectivity index (χ2n) is 5.74. The summed E-state index contributed by atoms with van der Waals surface area (Å²) >= 11 is 0. The third-order valence-electron chi connectivity index (χ3n) is 3.50. The van der Waals surface area contributed by atoms with E-state index in [-0.39, 0.29) is 17.0 Å². The summed E-state index contributed by atoms with van der Waals surface area (Å²) in [4.78, 5) is 0.286. The molecule has 1 heterocycles. The Hall–Kier alpha value is -1.11. The second kappa shape index (κ2) is 6.77. The molecule has 1 aliphatic rings. The Morgan fingerprint density at radius 2 is 2.19 bits per heavy atom. The maximum Gasteiger partial charge on any atom is 0.240 e. The number of benzene rings is 1. The molecule has 21 heavy (non-hydrogen) atoms. The van der Waals surface area contributed by atoms with Crippen LogP contribution in [0, 0.1) is 6.92 Å². The van der Waals surface area contributed by atoms with Crippen molar-refractivity contribution in [2.24, 2.45) is 0 Å². The van der Waals surface area contributed by atoms with Crippen LogP contribution in [-0.2, 0) is 10.0 Å². The van der Waals surface area contributed by atoms with Crippen LogP contribution < -0.4 is 14.8 Å². The maximum atomic E-state index is 12.3. The second-order valence-corrected chi connectivity index (χ2v) is 7.51. The van der Waals surface area contributed by atoms with Crippen molar-refractivity contribution in [3.05, 3.63) is 23.8 Å². The number of rotatable bonds is 6. The van der Waals surface area contributed by atoms with E-state index in [0.29, 0.717) is 6.54 Å². The summed E-state index contributed by atoms with van der Waals surface area (Å²) in [5, 5.41) is 3.28. The molecule has 2 rings (SSSR count). The van der Waals surface area contributed by atoms with Crippen molar-refractivity contribution in [2.75, 3.05) is 13.1 Å². The van der Waals surface area contributed by atoms with E-state index in [0.717, 1.165) is 30.7 Å². The minimum atomic E-state index is -3.46. The first-order valence-electron chi connectivity index (χ1n) is 7.39. The van der Waals surface area contributed by atoms with Crippen molar-refractivity contribution in [3.8, 4) is 5.75 Å². The molecule has 0 bridgehead atoms. The van der Waals surface area contributed by atoms with Crippen molar-refractivity contribution in [1.29, 1.82) is 0 Å². The Morgan fingerprint density at radius 3 is 2.76 bits per heavy atom. The van der Waals surface area contributed by atoms with Crippen LogP contribution in [-0.4, -0.2) is 33.7 Å². The fraction of sp³-hybridized carbons (Fsp3) is 0.600. The molecule has 1 fully saturated rings. The summed E-state index contributed by atoms with van der Waals surface area (Å²) in [6.07, 6.45) is 2.19. The predicted molar refractivity (Wildman–Crippen MR) is 83.2 cm³/mol. The molecule has 1 aliphatic heterocycles. The molecule has 1 aromatic carbocycles. The van der Waals surface area contributed by atoms with E-state index in [1.807, 2.05) is 20.8 Å². The Bertz CT molecular complexity index is 579. The van der Waals surface area contributed by atoms with E-state index in [4.69, 9.17) is 4.74 Å². The number of hydrogen-bond acceptors (Lipinski definition) is 4. The molecule has 0 spiro atoms. The Kier molecular flexibility index (Phi) is 5.24. The van der Waals surface area contributed by atoms with Crippen LogP contribution >= 0.6 is 0 Å². The highest BCUT2D eigenvalue weighted by molar-refractivity contribution is 7.89. The van der Waals surface area contributed by atoms with Crippen LogP contribution in [0.5, 0.6) is 5.75 Å². The maximum absolute atomic E-state index is 12.3. The van der Waals surface area contributed by atoms with E-state index in [2.05, 4.69) is 10.0 Å². The highest BCUT2D eigenvalue weighted by Crippen LogP contribution is 2.22. The van der Waals surface area contributed by atoms with Crippen LogP contribution in [0.15, 0.2) is 23.1 Å². The molecule has 0 aromatic heterocycles. The van der Waals surface area contributed by atoms with E-state index >= 15 is 0 Å². The quantitative estimate of drug-likeness (QED) is 0.841. The molecular formula is C15H24N2O3S. The summed E-state index contributed by atoms with van der Waals surface area (Å²) in [7, 11) is -3.46. The van der Waals surface area contributed by atoms with Gasteiger partial charge in [-0.15, -0.1) is 0 Å². The Balaban J connectivity index is 2.06. The molecular weight excluding hydrogens is 288 g/mol. The van der Waals surface area contributed by atoms with Gasteiger partial charge in [0, 0.05) is 12.6 Å². The highest BCUT2D eigenvalue weighted by atomic mass is 32.2. The number of aryl methyl sites for hydroxylation is 1. The normalized spacial score (nSPS) is 19.1. The monoisotopic (exact) mass is 312 g/mol. The first kappa shape index (κ1) is 16.3. The lowest BCUT2D eigenvalue weighted by molar-refractivity contribution is 0.240. The summed E-state index contributed by atoms with van der Waals surface area (Å²) in [5.41, 5.74) is 0.825. The van der Waals surface area contributed by atoms with Gasteiger partial charge in [0.05, 0.1) is 11.0 Å². The SMILES string of the molecule is Cc1cc(S(=O)(=O)NCC2CCCN2)ccc1OC(C)C. The van der Waals surface area contributed by atoms with Crippen LogP contribution in [0.4, 0.5) is 0 Å². The third kappa shape index (κ3) is 4.43. The molecule has 0 radical (unpaired) electrons. The van der Waals surface area contributed by atoms with Crippen molar-refractivity contribution < 1.29 is 13.2 Å². The van der Waals surface area contributed by atoms with E-state index in [1.54, 1.807) is 18.2 Å². The van der Waals surface area contributed by atoms with Crippen molar-refractivity contribution in [1.82, 2.24) is 10.0 Å². The zero-order chi connectivity index (χ0) is 15.5. The summed E-state index contributed by atoms with van der Waals surface area (Å²) < 4.78 is 32.9. The Morgan fingerprint density at radius 1 is 1.43 bits per heavy atom. The van der Waals surface area contributed by atoms with Gasteiger partial charge in [0.15, 0.2) is 0 Å². The van der Waals surface area contributed by atoms with Crippen LogP contribution in [0.3, 0.4) is 0 Å². The zero-order valence-corrected chi connectivity index (χ0v) is 13.7. The zero-order valence-electron chi connectivity index (χ0n) is 12.8. The molecule has 118 valence electrons. The van der Waals surface area contributed by atoms with Crippen molar-refractivity contribution in [2.45, 2.75) is 50.7 Å². The fourth-order valence-corrected chi connectivity index (χ4v) is 3.57. The first-order valence-corrected chi connectivity index (χ1v) is 8.87. The summed E-state index contributed by atoms with van der Waals surface area (Å²) in [6, 6.07) is 5.21. The smallest absolute Gasteiger partial charge is 0.240 e. The van der Waals surface area contributed by atoms with Crippen LogP contribution in [0.25, 0.3) is 0 Å². The van der Waals surface area contributed by atoms with Gasteiger partial charge < -0.3 is 10.1 Å². The molecule has 1 saturated heterocycles. The van der Waals surface area contributed by atoms with Gasteiger partial charge in [-0.3, -0.25) is 0 Å². The van der Waals surface area contributed by atoms with Gasteiger partial charge in [-0.05, 0) is 63.9 Å². The lowest BCUT2D eigenvalue weighted by Crippen LogP contribution is -2.37. The molecule has 0 amide bonds. The molecule has 6 heteroatoms. The van der Waals surface area contributed by atoms with Gasteiger partial charge >= 0.3 is 0 Å². The number of hydrogen-bond donors (Lipinski definition) is 2. The van der Waals surface area contributed by atoms with Gasteiger partial charge in [0.1, 0.15) is 5.75 Å². The molecule has 1 aromatic rings. The number of nitrogens with one attached hydrogen (secondary N) is 2. The largest absolute Gasteiger partial charge is 0.491 e. The van der Waals surface area contributed by atoms with Gasteiger partial charge in [0.25, 0.3) is 0 Å². The summed E-state index contributed by atoms with van der Waals surface area (Å²) in [6.45, 7) is 7.15. The van der Waals surface area contributed by atoms with Gasteiger partial charge in [0.2, 0.25) is 10.0 Å². The molecule has 1 atom stereocenters. The lowest BCUT2D eigenvalue weighted by atomic mass is 10.2. The fourth-order valence-electron chi connectivity index (χ4n) is 2.40. The highest BCUT2D eigenvalue weighted by Gasteiger charge is 2.20. The van der Waals surface area contributed by atoms with Gasteiger partial charge in [-0.2, -0.15) is 0 Å².